The van der Waals surface area contributed by atoms with Gasteiger partial charge in [-0.15, -0.1) is 4.90 Å². The van der Waals surface area contributed by atoms with Crippen LogP contribution in [0, 0.1) is 0 Å². The van der Waals surface area contributed by atoms with Crippen molar-refractivity contribution in [1.29, 1.82) is 0 Å². The molecule has 0 spiro atoms. The number of methoxy groups -OCH3 is 1. The smallest absolute Gasteiger partial charge is 0.427 e. The van der Waals surface area contributed by atoms with Crippen LogP contribution in [0.4, 0.5) is 15.5 Å². The Morgan fingerprint density at radius 1 is 1.04 bits per heavy atom. The summed E-state index contributed by atoms with van der Waals surface area (Å²) in [7, 11) is 1.30. The zero-order chi connectivity index (χ0) is 21.7. The summed E-state index contributed by atoms with van der Waals surface area (Å²) in [6, 6.07) is 0. The minimum atomic E-state index is -1.17. The fourth-order valence-corrected chi connectivity index (χ4v) is 1.77. The van der Waals surface area contributed by atoms with Crippen LogP contribution in [-0.2, 0) is 14.3 Å². The number of imide groups is 1. The molecule has 28 heavy (non-hydrogen) atoms. The molecular weight excluding hydrogens is 370 g/mol. The van der Waals surface area contributed by atoms with Gasteiger partial charge < -0.3 is 19.3 Å². The number of aromatic nitrogens is 2. The summed E-state index contributed by atoms with van der Waals surface area (Å²) in [5, 5.41) is 8.74. The van der Waals surface area contributed by atoms with Crippen molar-refractivity contribution in [3.63, 3.8) is 0 Å². The number of aliphatic carboxylic acids is 1. The Labute approximate surface area is 163 Å². The first-order chi connectivity index (χ1) is 12.7. The molecule has 154 valence electrons. The van der Waals surface area contributed by atoms with Crippen LogP contribution < -0.4 is 9.64 Å². The number of carboxylic acids is 1. The van der Waals surface area contributed by atoms with E-state index in [0.29, 0.717) is 4.90 Å². The predicted molar refractivity (Wildman–Crippen MR) is 100 cm³/mol. The molecule has 10 heteroatoms. The summed E-state index contributed by atoms with van der Waals surface area (Å²) in [5.74, 6) is -1.55. The van der Waals surface area contributed by atoms with Crippen molar-refractivity contribution < 1.29 is 33.7 Å². The lowest BCUT2D eigenvalue weighted by atomic mass is 10.2. The Morgan fingerprint density at radius 2 is 1.54 bits per heavy atom. The highest BCUT2D eigenvalue weighted by Gasteiger charge is 2.35. The van der Waals surface area contributed by atoms with Crippen LogP contribution >= 0.6 is 0 Å². The molecule has 0 atom stereocenters. The maximum absolute atomic E-state index is 12.6. The average Bonchev–Trinajstić information content (AvgIpc) is 2.49. The third-order valence-electron chi connectivity index (χ3n) is 2.72. The van der Waals surface area contributed by atoms with Gasteiger partial charge in [0, 0.05) is 12.3 Å². The quantitative estimate of drug-likeness (QED) is 0.764. The van der Waals surface area contributed by atoms with Gasteiger partial charge >= 0.3 is 18.2 Å². The minimum absolute atomic E-state index is 0.0420. The predicted octanol–water partition coefficient (Wildman–Crippen LogP) is 3.26. The second-order valence-electron chi connectivity index (χ2n) is 7.60. The van der Waals surface area contributed by atoms with Crippen molar-refractivity contribution in [2.45, 2.75) is 52.7 Å². The molecule has 1 rings (SSSR count). The Balaban J connectivity index is 3.38. The zero-order valence-electron chi connectivity index (χ0n) is 17.0. The first-order valence-electron chi connectivity index (χ1n) is 8.31. The van der Waals surface area contributed by atoms with Gasteiger partial charge in [0.25, 0.3) is 0 Å². The molecule has 10 nitrogen and oxygen atoms in total. The third-order valence-corrected chi connectivity index (χ3v) is 2.72. The van der Waals surface area contributed by atoms with Gasteiger partial charge in [0.1, 0.15) is 11.2 Å². The van der Waals surface area contributed by atoms with Crippen molar-refractivity contribution in [3.05, 3.63) is 17.8 Å². The number of carbonyl (C=O) groups excluding carboxylic acids is 2. The maximum Gasteiger partial charge on any atom is 0.427 e. The second kappa shape index (κ2) is 8.68. The van der Waals surface area contributed by atoms with E-state index >= 15 is 0 Å². The van der Waals surface area contributed by atoms with Crippen LogP contribution in [0.3, 0.4) is 0 Å². The normalized spacial score (nSPS) is 11.8. The Kier molecular flexibility index (Phi) is 7.09. The van der Waals surface area contributed by atoms with E-state index in [-0.39, 0.29) is 17.4 Å². The van der Waals surface area contributed by atoms with Crippen molar-refractivity contribution in [3.8, 4) is 5.88 Å². The highest BCUT2D eigenvalue weighted by atomic mass is 16.6. The molecule has 1 heterocycles. The molecule has 0 bridgehead atoms. The number of amides is 2. The van der Waals surface area contributed by atoms with Crippen molar-refractivity contribution in [2.24, 2.45) is 0 Å². The molecule has 0 aliphatic carbocycles. The van der Waals surface area contributed by atoms with E-state index in [4.69, 9.17) is 19.3 Å². The van der Waals surface area contributed by atoms with Crippen molar-refractivity contribution >= 4 is 30.2 Å². The molecular formula is C18H25N3O7. The number of rotatable bonds is 4. The van der Waals surface area contributed by atoms with Crippen molar-refractivity contribution in [2.75, 3.05) is 12.0 Å². The van der Waals surface area contributed by atoms with Crippen molar-refractivity contribution in [1.82, 2.24) is 9.97 Å². The van der Waals surface area contributed by atoms with E-state index in [0.717, 1.165) is 6.08 Å². The van der Waals surface area contributed by atoms with Gasteiger partial charge in [0.15, 0.2) is 0 Å². The van der Waals surface area contributed by atoms with E-state index in [2.05, 4.69) is 9.97 Å². The maximum atomic E-state index is 12.6. The number of hydrogen-bond acceptors (Lipinski definition) is 8. The highest BCUT2D eigenvalue weighted by Crippen LogP contribution is 2.23. The molecule has 2 amide bonds. The minimum Gasteiger partial charge on any atom is -0.480 e. The van der Waals surface area contributed by atoms with Gasteiger partial charge in [-0.05, 0) is 47.6 Å². The van der Waals surface area contributed by atoms with Gasteiger partial charge in [-0.2, -0.15) is 4.98 Å². The molecule has 0 unspecified atom stereocenters. The van der Waals surface area contributed by atoms with E-state index in [1.807, 2.05) is 0 Å². The standard InChI is InChI=1S/C18H25N3O7/c1-17(2,3)27-15(24)21(16(25)28-18(4,5)6)14-19-10-11(8-9-12(22)23)13(20-14)26-7/h8-10H,1-7H3,(H,22,23)/b9-8+. The van der Waals surface area contributed by atoms with E-state index in [1.165, 1.54) is 19.4 Å². The molecule has 0 aliphatic heterocycles. The number of ether oxygens (including phenoxy) is 3. The van der Waals surface area contributed by atoms with Gasteiger partial charge in [0.05, 0.1) is 12.7 Å². The van der Waals surface area contributed by atoms with Crippen LogP contribution in [0.15, 0.2) is 12.3 Å². The first kappa shape index (κ1) is 22.9. The summed E-state index contributed by atoms with van der Waals surface area (Å²) in [6.45, 7) is 9.83. The first-order valence-corrected chi connectivity index (χ1v) is 8.31. The number of carbonyl (C=O) groups is 3. The topological polar surface area (TPSA) is 128 Å². The summed E-state index contributed by atoms with van der Waals surface area (Å²) in [6.07, 6.45) is 1.24. The van der Waals surface area contributed by atoms with E-state index < -0.39 is 29.4 Å². The fourth-order valence-electron chi connectivity index (χ4n) is 1.77. The number of anilines is 1. The van der Waals surface area contributed by atoms with E-state index in [1.54, 1.807) is 41.5 Å². The van der Waals surface area contributed by atoms with Crippen LogP contribution in [0.5, 0.6) is 5.88 Å². The second-order valence-corrected chi connectivity index (χ2v) is 7.60. The highest BCUT2D eigenvalue weighted by molar-refractivity contribution is 6.08. The van der Waals surface area contributed by atoms with Gasteiger partial charge in [0.2, 0.25) is 11.8 Å². The van der Waals surface area contributed by atoms with Crippen LogP contribution in [0.1, 0.15) is 47.1 Å². The Bertz CT molecular complexity index is 748. The molecule has 0 aromatic carbocycles. The van der Waals surface area contributed by atoms with Gasteiger partial charge in [-0.25, -0.2) is 19.4 Å². The molecule has 1 aromatic rings. The monoisotopic (exact) mass is 395 g/mol. The number of carboxylic acid groups (broad SMARTS) is 1. The SMILES string of the molecule is COc1nc(N(C(=O)OC(C)(C)C)C(=O)OC(C)(C)C)ncc1/C=C/C(=O)O. The van der Waals surface area contributed by atoms with Crippen LogP contribution in [-0.4, -0.2) is 51.5 Å². The molecule has 1 aromatic heterocycles. The number of nitrogens with zero attached hydrogens (tertiary/aromatic N) is 3. The lowest BCUT2D eigenvalue weighted by molar-refractivity contribution is -0.131. The summed E-state index contributed by atoms with van der Waals surface area (Å²) >= 11 is 0. The lowest BCUT2D eigenvalue weighted by Crippen LogP contribution is -2.44. The Hall–Kier alpha value is -3.17. The van der Waals surface area contributed by atoms with E-state index in [9.17, 15) is 14.4 Å². The summed E-state index contributed by atoms with van der Waals surface area (Å²) in [4.78, 5) is 44.4. The zero-order valence-corrected chi connectivity index (χ0v) is 17.0. The van der Waals surface area contributed by atoms with Crippen LogP contribution in [0.2, 0.25) is 0 Å². The molecule has 0 radical (unpaired) electrons. The fraction of sp³-hybridized carbons (Fsp3) is 0.500. The summed E-state index contributed by atoms with van der Waals surface area (Å²) in [5.41, 5.74) is -1.53. The molecule has 1 N–H and O–H groups in total. The number of hydrogen-bond donors (Lipinski definition) is 1. The molecule has 0 saturated heterocycles. The molecule has 0 fully saturated rings. The van der Waals surface area contributed by atoms with Gasteiger partial charge in [-0.1, -0.05) is 0 Å². The molecule has 0 aliphatic rings. The lowest BCUT2D eigenvalue weighted by Gasteiger charge is -2.27. The van der Waals surface area contributed by atoms with Gasteiger partial charge in [-0.3, -0.25) is 0 Å². The van der Waals surface area contributed by atoms with Crippen LogP contribution in [0.25, 0.3) is 6.08 Å². The third kappa shape index (κ3) is 7.22. The largest absolute Gasteiger partial charge is 0.480 e. The average molecular weight is 395 g/mol. The summed E-state index contributed by atoms with van der Waals surface area (Å²) < 4.78 is 15.6. The molecule has 0 saturated carbocycles. The Morgan fingerprint density at radius 3 is 1.93 bits per heavy atom.